The molecular weight excluding hydrogens is 385 g/mol. The van der Waals surface area contributed by atoms with Crippen LogP contribution >= 0.6 is 0 Å². The van der Waals surface area contributed by atoms with Crippen LogP contribution in [0.5, 0.6) is 0 Å². The Morgan fingerprint density at radius 3 is 2.79 bits per heavy atom. The molecule has 152 valence electrons. The van der Waals surface area contributed by atoms with E-state index in [1.54, 1.807) is 28.9 Å². The van der Waals surface area contributed by atoms with Crippen LogP contribution in [-0.2, 0) is 11.0 Å². The first-order valence-electron chi connectivity index (χ1n) is 9.17. The third-order valence-corrected chi connectivity index (χ3v) is 4.89. The fourth-order valence-corrected chi connectivity index (χ4v) is 3.37. The number of anilines is 2. The molecule has 1 aliphatic rings. The second-order valence-corrected chi connectivity index (χ2v) is 6.96. The number of carbonyl (C=O) groups excluding carboxylic acids is 1. The van der Waals surface area contributed by atoms with E-state index in [0.29, 0.717) is 17.0 Å². The van der Waals surface area contributed by atoms with Crippen LogP contribution in [0, 0.1) is 0 Å². The van der Waals surface area contributed by atoms with Crippen LogP contribution in [-0.4, -0.2) is 32.9 Å². The molecule has 29 heavy (non-hydrogen) atoms. The van der Waals surface area contributed by atoms with E-state index < -0.39 is 17.6 Å². The Balaban J connectivity index is 1.60. The van der Waals surface area contributed by atoms with Crippen molar-refractivity contribution >= 4 is 23.2 Å². The van der Waals surface area contributed by atoms with Crippen molar-refractivity contribution in [1.82, 2.24) is 19.7 Å². The predicted octanol–water partition coefficient (Wildman–Crippen LogP) is 3.08. The monoisotopic (exact) mass is 404 g/mol. The topological polar surface area (TPSA) is 97.3 Å². The molecule has 0 aromatic carbocycles. The zero-order chi connectivity index (χ0) is 20.6. The molecule has 1 unspecified atom stereocenters. The Bertz CT molecular complexity index is 1060. The first kappa shape index (κ1) is 19.2. The number of nitrogens with zero attached hydrogens (tertiary/aromatic N) is 3. The van der Waals surface area contributed by atoms with Gasteiger partial charge in [0.05, 0.1) is 17.8 Å². The van der Waals surface area contributed by atoms with Crippen LogP contribution in [0.25, 0.3) is 16.8 Å². The summed E-state index contributed by atoms with van der Waals surface area (Å²) >= 11 is 0. The van der Waals surface area contributed by atoms with Gasteiger partial charge in [-0.05, 0) is 37.6 Å². The standard InChI is InChI=1S/C19H19F3N6O/c20-19(21,22)13-7-12(8-25-17(13)23)11-4-5-16-26-15(10-28(16)9-11)27-18(29)14-3-1-2-6-24-14/h4-5,7-10,14,24H,1-3,6H2,(H2,23,25)(H,27,29). The molecule has 0 bridgehead atoms. The lowest BCUT2D eigenvalue weighted by atomic mass is 10.0. The Morgan fingerprint density at radius 2 is 2.07 bits per heavy atom. The van der Waals surface area contributed by atoms with Crippen LogP contribution in [0.4, 0.5) is 24.8 Å². The van der Waals surface area contributed by atoms with Gasteiger partial charge >= 0.3 is 6.18 Å². The normalized spacial score (nSPS) is 17.4. The number of nitrogens with one attached hydrogen (secondary N) is 2. The predicted molar refractivity (Wildman–Crippen MR) is 102 cm³/mol. The number of imidazole rings is 1. The molecule has 1 saturated heterocycles. The summed E-state index contributed by atoms with van der Waals surface area (Å²) < 4.78 is 40.9. The lowest BCUT2D eigenvalue weighted by Gasteiger charge is -2.21. The second-order valence-electron chi connectivity index (χ2n) is 6.96. The summed E-state index contributed by atoms with van der Waals surface area (Å²) in [4.78, 5) is 20.4. The zero-order valence-corrected chi connectivity index (χ0v) is 15.3. The van der Waals surface area contributed by atoms with Crippen molar-refractivity contribution in [3.63, 3.8) is 0 Å². The number of aromatic nitrogens is 3. The molecule has 3 aromatic heterocycles. The lowest BCUT2D eigenvalue weighted by molar-refractivity contribution is -0.137. The number of rotatable bonds is 3. The summed E-state index contributed by atoms with van der Waals surface area (Å²) in [7, 11) is 0. The van der Waals surface area contributed by atoms with Crippen LogP contribution in [0.15, 0.2) is 36.8 Å². The number of alkyl halides is 3. The Kier molecular flexibility index (Phi) is 4.87. The number of amides is 1. The van der Waals surface area contributed by atoms with E-state index in [1.165, 1.54) is 6.20 Å². The molecular formula is C19H19F3N6O. The molecule has 1 fully saturated rings. The maximum atomic E-state index is 13.1. The van der Waals surface area contributed by atoms with Gasteiger partial charge in [0.15, 0.2) is 5.82 Å². The van der Waals surface area contributed by atoms with Crippen LogP contribution < -0.4 is 16.4 Å². The minimum Gasteiger partial charge on any atom is -0.383 e. The minimum atomic E-state index is -4.59. The molecule has 7 nitrogen and oxygen atoms in total. The molecule has 4 heterocycles. The molecule has 1 aliphatic heterocycles. The van der Waals surface area contributed by atoms with Gasteiger partial charge in [0.2, 0.25) is 5.91 Å². The molecule has 4 N–H and O–H groups in total. The van der Waals surface area contributed by atoms with E-state index in [1.807, 2.05) is 0 Å². The average Bonchev–Trinajstić information content (AvgIpc) is 3.09. The number of piperidine rings is 1. The maximum absolute atomic E-state index is 13.1. The van der Waals surface area contributed by atoms with Crippen molar-refractivity contribution in [2.24, 2.45) is 0 Å². The largest absolute Gasteiger partial charge is 0.419 e. The maximum Gasteiger partial charge on any atom is 0.419 e. The fraction of sp³-hybridized carbons (Fsp3) is 0.316. The number of nitrogens with two attached hydrogens (primary N) is 1. The summed E-state index contributed by atoms with van der Waals surface area (Å²) in [5, 5.41) is 5.96. The molecule has 0 spiro atoms. The molecule has 4 rings (SSSR count). The highest BCUT2D eigenvalue weighted by atomic mass is 19.4. The number of halogens is 3. The third-order valence-electron chi connectivity index (χ3n) is 4.89. The third kappa shape index (κ3) is 4.02. The average molecular weight is 404 g/mol. The van der Waals surface area contributed by atoms with Crippen LogP contribution in [0.1, 0.15) is 24.8 Å². The Hall–Kier alpha value is -3.14. The fourth-order valence-electron chi connectivity index (χ4n) is 3.37. The number of carbonyl (C=O) groups is 1. The molecule has 3 aromatic rings. The van der Waals surface area contributed by atoms with Gasteiger partial charge in [-0.3, -0.25) is 4.79 Å². The molecule has 0 radical (unpaired) electrons. The molecule has 0 aliphatic carbocycles. The first-order valence-corrected chi connectivity index (χ1v) is 9.17. The number of hydrogen-bond acceptors (Lipinski definition) is 5. The number of pyridine rings is 2. The van der Waals surface area contributed by atoms with Crippen molar-refractivity contribution in [2.75, 3.05) is 17.6 Å². The number of nitrogen functional groups attached to an aromatic ring is 1. The van der Waals surface area contributed by atoms with E-state index in [4.69, 9.17) is 5.73 Å². The summed E-state index contributed by atoms with van der Waals surface area (Å²) in [6.07, 6.45) is 2.78. The van der Waals surface area contributed by atoms with Crippen molar-refractivity contribution in [3.8, 4) is 11.1 Å². The van der Waals surface area contributed by atoms with Crippen LogP contribution in [0.2, 0.25) is 0 Å². The lowest BCUT2D eigenvalue weighted by Crippen LogP contribution is -2.43. The van der Waals surface area contributed by atoms with Crippen molar-refractivity contribution in [3.05, 3.63) is 42.4 Å². The van der Waals surface area contributed by atoms with Crippen molar-refractivity contribution < 1.29 is 18.0 Å². The summed E-state index contributed by atoms with van der Waals surface area (Å²) in [6, 6.07) is 4.03. The van der Waals surface area contributed by atoms with Crippen LogP contribution in [0.3, 0.4) is 0 Å². The van der Waals surface area contributed by atoms with E-state index in [9.17, 15) is 18.0 Å². The van der Waals surface area contributed by atoms with Gasteiger partial charge in [-0.1, -0.05) is 6.42 Å². The molecule has 1 atom stereocenters. The van der Waals surface area contributed by atoms with E-state index in [0.717, 1.165) is 31.9 Å². The summed E-state index contributed by atoms with van der Waals surface area (Å²) in [5.41, 5.74) is 5.73. The summed E-state index contributed by atoms with van der Waals surface area (Å²) in [5.74, 6) is -0.330. The van der Waals surface area contributed by atoms with Crippen molar-refractivity contribution in [1.29, 1.82) is 0 Å². The van der Waals surface area contributed by atoms with Gasteiger partial charge in [-0.15, -0.1) is 0 Å². The van der Waals surface area contributed by atoms with Gasteiger partial charge in [0, 0.05) is 23.5 Å². The quantitative estimate of drug-likeness (QED) is 0.623. The van der Waals surface area contributed by atoms with Gasteiger partial charge in [0.25, 0.3) is 0 Å². The summed E-state index contributed by atoms with van der Waals surface area (Å²) in [6.45, 7) is 0.808. The van der Waals surface area contributed by atoms with E-state index >= 15 is 0 Å². The first-order chi connectivity index (χ1) is 13.8. The zero-order valence-electron chi connectivity index (χ0n) is 15.3. The van der Waals surface area contributed by atoms with E-state index in [2.05, 4.69) is 20.6 Å². The molecule has 1 amide bonds. The van der Waals surface area contributed by atoms with E-state index in [-0.39, 0.29) is 17.5 Å². The Morgan fingerprint density at radius 1 is 1.24 bits per heavy atom. The second kappa shape index (κ2) is 7.36. The van der Waals surface area contributed by atoms with Gasteiger partial charge in [-0.25, -0.2) is 9.97 Å². The number of hydrogen-bond donors (Lipinski definition) is 3. The van der Waals surface area contributed by atoms with Gasteiger partial charge < -0.3 is 20.8 Å². The van der Waals surface area contributed by atoms with Crippen molar-refractivity contribution in [2.45, 2.75) is 31.5 Å². The molecule has 10 heteroatoms. The SMILES string of the molecule is Nc1ncc(-c2ccc3nc(NC(=O)C4CCCCN4)cn3c2)cc1C(F)(F)F. The highest BCUT2D eigenvalue weighted by molar-refractivity contribution is 5.94. The smallest absolute Gasteiger partial charge is 0.383 e. The highest BCUT2D eigenvalue weighted by Gasteiger charge is 2.34. The number of fused-ring (bicyclic) bond motifs is 1. The highest BCUT2D eigenvalue weighted by Crippen LogP contribution is 2.35. The van der Waals surface area contributed by atoms with Gasteiger partial charge in [-0.2, -0.15) is 13.2 Å². The van der Waals surface area contributed by atoms with Gasteiger partial charge in [0.1, 0.15) is 11.5 Å². The molecule has 0 saturated carbocycles. The Labute approximate surface area is 164 Å². The minimum absolute atomic E-state index is 0.147.